The molecule has 13 heavy (non-hydrogen) atoms. The lowest BCUT2D eigenvalue weighted by molar-refractivity contribution is -0.177. The van der Waals surface area contributed by atoms with Gasteiger partial charge in [0.15, 0.2) is 6.29 Å². The molecule has 0 aromatic heterocycles. The van der Waals surface area contributed by atoms with Gasteiger partial charge in [-0.1, -0.05) is 0 Å². The van der Waals surface area contributed by atoms with E-state index in [-0.39, 0.29) is 6.61 Å². The van der Waals surface area contributed by atoms with Crippen LogP contribution in [0.4, 0.5) is 0 Å². The molecule has 0 N–H and O–H groups in total. The Labute approximate surface area is 77.2 Å². The standard InChI is InChI=1S/C9H14O4/c1-2-12-8(11)9(7-10)5-3-4-6-13-9/h7H,2-6H2,1H3/t9-/m0/s1. The molecule has 1 atom stereocenters. The molecule has 1 saturated heterocycles. The molecule has 0 spiro atoms. The van der Waals surface area contributed by atoms with Crippen molar-refractivity contribution in [2.45, 2.75) is 31.8 Å². The second-order valence-corrected chi connectivity index (χ2v) is 3.03. The maximum absolute atomic E-state index is 11.4. The summed E-state index contributed by atoms with van der Waals surface area (Å²) in [5, 5.41) is 0. The van der Waals surface area contributed by atoms with E-state index < -0.39 is 11.6 Å². The van der Waals surface area contributed by atoms with Crippen LogP contribution < -0.4 is 0 Å². The summed E-state index contributed by atoms with van der Waals surface area (Å²) in [5.41, 5.74) is -1.31. The first-order valence-corrected chi connectivity index (χ1v) is 4.52. The highest BCUT2D eigenvalue weighted by Crippen LogP contribution is 2.24. The van der Waals surface area contributed by atoms with Crippen molar-refractivity contribution in [3.05, 3.63) is 0 Å². The minimum Gasteiger partial charge on any atom is -0.464 e. The highest BCUT2D eigenvalue weighted by atomic mass is 16.6. The van der Waals surface area contributed by atoms with Crippen LogP contribution in [-0.2, 0) is 19.1 Å². The molecule has 1 rings (SSSR count). The normalized spacial score (nSPS) is 28.1. The van der Waals surface area contributed by atoms with Gasteiger partial charge in [-0.05, 0) is 26.2 Å². The number of rotatable bonds is 3. The summed E-state index contributed by atoms with van der Waals surface area (Å²) in [4.78, 5) is 22.1. The highest BCUT2D eigenvalue weighted by molar-refractivity contribution is 5.96. The van der Waals surface area contributed by atoms with Gasteiger partial charge in [-0.2, -0.15) is 0 Å². The lowest BCUT2D eigenvalue weighted by atomic mass is 9.95. The quantitative estimate of drug-likeness (QED) is 0.369. The van der Waals surface area contributed by atoms with Gasteiger partial charge < -0.3 is 9.47 Å². The van der Waals surface area contributed by atoms with Crippen LogP contribution in [-0.4, -0.2) is 31.1 Å². The zero-order valence-electron chi connectivity index (χ0n) is 7.75. The van der Waals surface area contributed by atoms with Gasteiger partial charge >= 0.3 is 5.97 Å². The molecule has 0 aliphatic carbocycles. The molecular weight excluding hydrogens is 172 g/mol. The number of ether oxygens (including phenoxy) is 2. The number of carbonyl (C=O) groups excluding carboxylic acids is 2. The van der Waals surface area contributed by atoms with Crippen LogP contribution in [0.15, 0.2) is 0 Å². The van der Waals surface area contributed by atoms with Crippen molar-refractivity contribution >= 4 is 12.3 Å². The molecule has 74 valence electrons. The Balaban J connectivity index is 2.66. The maximum atomic E-state index is 11.4. The summed E-state index contributed by atoms with van der Waals surface area (Å²) in [6.45, 7) is 2.44. The molecule has 0 bridgehead atoms. The van der Waals surface area contributed by atoms with E-state index in [4.69, 9.17) is 9.47 Å². The van der Waals surface area contributed by atoms with Crippen molar-refractivity contribution in [3.8, 4) is 0 Å². The molecule has 0 aromatic carbocycles. The summed E-state index contributed by atoms with van der Waals surface area (Å²) in [7, 11) is 0. The number of esters is 1. The zero-order valence-corrected chi connectivity index (χ0v) is 7.75. The largest absolute Gasteiger partial charge is 0.464 e. The highest BCUT2D eigenvalue weighted by Gasteiger charge is 2.42. The number of carbonyl (C=O) groups is 2. The Bertz CT molecular complexity index is 194. The molecule has 1 aliphatic rings. The lowest BCUT2D eigenvalue weighted by Gasteiger charge is -2.29. The van der Waals surface area contributed by atoms with E-state index in [1.807, 2.05) is 0 Å². The number of aldehydes is 1. The molecule has 0 amide bonds. The zero-order chi connectivity index (χ0) is 9.73. The minimum absolute atomic E-state index is 0.276. The fourth-order valence-electron chi connectivity index (χ4n) is 1.37. The van der Waals surface area contributed by atoms with Gasteiger partial charge in [0.2, 0.25) is 5.60 Å². The fourth-order valence-corrected chi connectivity index (χ4v) is 1.37. The Morgan fingerprint density at radius 3 is 2.85 bits per heavy atom. The van der Waals surface area contributed by atoms with Crippen LogP contribution in [0.1, 0.15) is 26.2 Å². The molecule has 4 nitrogen and oxygen atoms in total. The molecule has 4 heteroatoms. The van der Waals surface area contributed by atoms with E-state index in [9.17, 15) is 9.59 Å². The van der Waals surface area contributed by atoms with E-state index >= 15 is 0 Å². The first kappa shape index (κ1) is 10.2. The van der Waals surface area contributed by atoms with Crippen molar-refractivity contribution in [2.24, 2.45) is 0 Å². The van der Waals surface area contributed by atoms with Crippen LogP contribution in [0.5, 0.6) is 0 Å². The number of hydrogen-bond donors (Lipinski definition) is 0. The van der Waals surface area contributed by atoms with Crippen molar-refractivity contribution in [1.82, 2.24) is 0 Å². The SMILES string of the molecule is CCOC(=O)[C@@]1(C=O)CCCCO1. The summed E-state index contributed by atoms with van der Waals surface area (Å²) < 4.78 is 9.97. The van der Waals surface area contributed by atoms with Gasteiger partial charge in [-0.15, -0.1) is 0 Å². The van der Waals surface area contributed by atoms with E-state index in [1.54, 1.807) is 6.92 Å². The van der Waals surface area contributed by atoms with Crippen LogP contribution in [0.3, 0.4) is 0 Å². The third-order valence-corrected chi connectivity index (χ3v) is 2.11. The first-order valence-electron chi connectivity index (χ1n) is 4.52. The maximum Gasteiger partial charge on any atom is 0.345 e. The Morgan fingerprint density at radius 1 is 1.62 bits per heavy atom. The van der Waals surface area contributed by atoms with Gasteiger partial charge in [0, 0.05) is 6.61 Å². The van der Waals surface area contributed by atoms with Crippen molar-refractivity contribution < 1.29 is 19.1 Å². The van der Waals surface area contributed by atoms with Crippen LogP contribution in [0, 0.1) is 0 Å². The summed E-state index contributed by atoms with van der Waals surface area (Å²) in [6, 6.07) is 0. The Kier molecular flexibility index (Phi) is 3.42. The second-order valence-electron chi connectivity index (χ2n) is 3.03. The van der Waals surface area contributed by atoms with Gasteiger partial charge in [-0.25, -0.2) is 4.79 Å². The van der Waals surface area contributed by atoms with Crippen molar-refractivity contribution in [1.29, 1.82) is 0 Å². The Morgan fingerprint density at radius 2 is 2.38 bits per heavy atom. The fraction of sp³-hybridized carbons (Fsp3) is 0.778. The predicted molar refractivity (Wildman–Crippen MR) is 45.2 cm³/mol. The smallest absolute Gasteiger partial charge is 0.345 e. The third kappa shape index (κ3) is 2.06. The lowest BCUT2D eigenvalue weighted by Crippen LogP contribution is -2.47. The van der Waals surface area contributed by atoms with E-state index in [1.165, 1.54) is 0 Å². The summed E-state index contributed by atoms with van der Waals surface area (Å²) >= 11 is 0. The second kappa shape index (κ2) is 4.37. The van der Waals surface area contributed by atoms with Gasteiger partial charge in [0.1, 0.15) is 0 Å². The summed E-state index contributed by atoms with van der Waals surface area (Å²) in [6.07, 6.45) is 2.73. The summed E-state index contributed by atoms with van der Waals surface area (Å²) in [5.74, 6) is -0.551. The van der Waals surface area contributed by atoms with Crippen LogP contribution in [0.2, 0.25) is 0 Å². The molecule has 0 aromatic rings. The molecule has 0 unspecified atom stereocenters. The Hall–Kier alpha value is -0.900. The van der Waals surface area contributed by atoms with E-state index in [0.29, 0.717) is 19.3 Å². The van der Waals surface area contributed by atoms with Crippen molar-refractivity contribution in [2.75, 3.05) is 13.2 Å². The molecule has 0 saturated carbocycles. The van der Waals surface area contributed by atoms with Gasteiger partial charge in [-0.3, -0.25) is 4.79 Å². The van der Waals surface area contributed by atoms with Crippen LogP contribution >= 0.6 is 0 Å². The van der Waals surface area contributed by atoms with Gasteiger partial charge in [0.25, 0.3) is 0 Å². The predicted octanol–water partition coefficient (Wildman–Crippen LogP) is 0.688. The first-order chi connectivity index (χ1) is 6.25. The minimum atomic E-state index is -1.31. The average molecular weight is 186 g/mol. The number of hydrogen-bond acceptors (Lipinski definition) is 4. The third-order valence-electron chi connectivity index (χ3n) is 2.11. The van der Waals surface area contributed by atoms with E-state index in [2.05, 4.69) is 0 Å². The monoisotopic (exact) mass is 186 g/mol. The van der Waals surface area contributed by atoms with Gasteiger partial charge in [0.05, 0.1) is 6.61 Å². The molecule has 1 heterocycles. The van der Waals surface area contributed by atoms with Crippen molar-refractivity contribution in [3.63, 3.8) is 0 Å². The molecular formula is C9H14O4. The molecule has 1 aliphatic heterocycles. The van der Waals surface area contributed by atoms with Crippen LogP contribution in [0.25, 0.3) is 0 Å². The average Bonchev–Trinajstić information content (AvgIpc) is 2.19. The molecule has 1 fully saturated rings. The molecule has 0 radical (unpaired) electrons. The topological polar surface area (TPSA) is 52.6 Å². The van der Waals surface area contributed by atoms with E-state index in [0.717, 1.165) is 12.8 Å².